The fourth-order valence-electron chi connectivity index (χ4n) is 1.52. The van der Waals surface area contributed by atoms with E-state index < -0.39 is 0 Å². The average molecular weight is 221 g/mol. The van der Waals surface area contributed by atoms with Crippen molar-refractivity contribution in [2.45, 2.75) is 0 Å². The Bertz CT molecular complexity index is 622. The molecule has 0 bridgehead atoms. The summed E-state index contributed by atoms with van der Waals surface area (Å²) in [6.07, 6.45) is 0. The quantitative estimate of drug-likeness (QED) is 0.716. The van der Waals surface area contributed by atoms with Crippen LogP contribution in [0.1, 0.15) is 11.4 Å². The summed E-state index contributed by atoms with van der Waals surface area (Å²) in [5, 5.41) is 19.1. The fraction of sp³-hybridized carbons (Fsp3) is 0. The van der Waals surface area contributed by atoms with Crippen LogP contribution >= 0.6 is 11.6 Å². The molecule has 5 heteroatoms. The summed E-state index contributed by atoms with van der Waals surface area (Å²) in [4.78, 5) is 8.28. The molecule has 0 atom stereocenters. The van der Waals surface area contributed by atoms with Gasteiger partial charge < -0.3 is 10.2 Å². The molecule has 3 rings (SSSR count). The molecular formula is C10H5ClN2O2. The van der Waals surface area contributed by atoms with Gasteiger partial charge in [0.05, 0.1) is 11.0 Å². The van der Waals surface area contributed by atoms with Crippen molar-refractivity contribution in [3.8, 4) is 0 Å². The van der Waals surface area contributed by atoms with Gasteiger partial charge in [-0.1, -0.05) is 11.6 Å². The Hall–Kier alpha value is -1.81. The summed E-state index contributed by atoms with van der Waals surface area (Å²) in [7, 11) is 0. The van der Waals surface area contributed by atoms with E-state index >= 15 is 0 Å². The van der Waals surface area contributed by atoms with Crippen LogP contribution in [0.4, 0.5) is 0 Å². The molecule has 0 fully saturated rings. The number of halogens is 1. The third-order valence-electron chi connectivity index (χ3n) is 2.30. The first-order valence-corrected chi connectivity index (χ1v) is 4.65. The summed E-state index contributed by atoms with van der Waals surface area (Å²) in [5.41, 5.74) is 1.89. The lowest BCUT2D eigenvalue weighted by atomic mass is 10.0. The Kier molecular flexibility index (Phi) is 1.48. The van der Waals surface area contributed by atoms with Gasteiger partial charge in [-0.25, -0.2) is 9.97 Å². The minimum atomic E-state index is -0.209. The van der Waals surface area contributed by atoms with Gasteiger partial charge in [0.15, 0.2) is 11.5 Å². The van der Waals surface area contributed by atoms with Crippen LogP contribution in [0.3, 0.4) is 0 Å². The van der Waals surface area contributed by atoms with Crippen LogP contribution in [-0.2, 0) is 0 Å². The third kappa shape index (κ3) is 1.02. The highest BCUT2D eigenvalue weighted by atomic mass is 35.5. The van der Waals surface area contributed by atoms with E-state index in [-0.39, 0.29) is 11.5 Å². The van der Waals surface area contributed by atoms with Crippen molar-refractivity contribution in [1.82, 2.24) is 9.97 Å². The van der Waals surface area contributed by atoms with E-state index in [0.717, 1.165) is 0 Å². The molecular weight excluding hydrogens is 216 g/mol. The summed E-state index contributed by atoms with van der Waals surface area (Å²) in [6, 6.07) is 5.07. The van der Waals surface area contributed by atoms with Crippen LogP contribution in [0, 0.1) is 0 Å². The molecule has 0 saturated heterocycles. The highest BCUT2D eigenvalue weighted by Crippen LogP contribution is 2.34. The van der Waals surface area contributed by atoms with Crippen molar-refractivity contribution in [3.05, 3.63) is 34.6 Å². The van der Waals surface area contributed by atoms with Crippen molar-refractivity contribution >= 4 is 34.2 Å². The second-order valence-electron chi connectivity index (χ2n) is 3.25. The number of hydrogen-bond acceptors (Lipinski definition) is 4. The maximum Gasteiger partial charge on any atom is 0.188 e. The minimum absolute atomic E-state index is 0.200. The lowest BCUT2D eigenvalue weighted by Crippen LogP contribution is -2.11. The summed E-state index contributed by atoms with van der Waals surface area (Å²) in [5.74, 6) is -0.409. The average Bonchev–Trinajstić information content (AvgIpc) is 2.26. The molecule has 0 spiro atoms. The van der Waals surface area contributed by atoms with Crippen molar-refractivity contribution in [2.24, 2.45) is 0 Å². The number of aromatic nitrogens is 2. The van der Waals surface area contributed by atoms with Crippen LogP contribution in [0.2, 0.25) is 5.02 Å². The number of rotatable bonds is 0. The molecule has 2 N–H and O–H groups in total. The van der Waals surface area contributed by atoms with Crippen LogP contribution in [0.5, 0.6) is 0 Å². The lowest BCUT2D eigenvalue weighted by Gasteiger charge is -2.16. The van der Waals surface area contributed by atoms with E-state index in [1.165, 1.54) is 0 Å². The largest absolute Gasteiger partial charge is 0.503 e. The third-order valence-corrected chi connectivity index (χ3v) is 2.53. The second kappa shape index (κ2) is 2.61. The molecule has 0 aliphatic heterocycles. The SMILES string of the molecule is OC1=C(O)c2nc3cc(Cl)ccc3nc21. The van der Waals surface area contributed by atoms with Crippen LogP contribution in [-0.4, -0.2) is 20.2 Å². The maximum atomic E-state index is 9.29. The van der Waals surface area contributed by atoms with Crippen molar-refractivity contribution in [2.75, 3.05) is 0 Å². The number of hydrogen-bond donors (Lipinski definition) is 2. The molecule has 1 aliphatic rings. The molecule has 74 valence electrons. The molecule has 1 aliphatic carbocycles. The van der Waals surface area contributed by atoms with E-state index in [4.69, 9.17) is 11.6 Å². The molecule has 1 aromatic carbocycles. The Balaban J connectivity index is 2.34. The highest BCUT2D eigenvalue weighted by molar-refractivity contribution is 6.31. The molecule has 2 aromatic rings. The predicted octanol–water partition coefficient (Wildman–Crippen LogP) is 2.54. The van der Waals surface area contributed by atoms with Gasteiger partial charge in [0.2, 0.25) is 0 Å². The van der Waals surface area contributed by atoms with Crippen LogP contribution < -0.4 is 0 Å². The van der Waals surface area contributed by atoms with Gasteiger partial charge in [0.1, 0.15) is 11.4 Å². The van der Waals surface area contributed by atoms with Crippen LogP contribution in [0.25, 0.3) is 22.6 Å². The van der Waals surface area contributed by atoms with E-state index in [0.29, 0.717) is 27.4 Å². The van der Waals surface area contributed by atoms with Gasteiger partial charge in [-0.2, -0.15) is 0 Å². The van der Waals surface area contributed by atoms with E-state index in [9.17, 15) is 10.2 Å². The Morgan fingerprint density at radius 3 is 2.20 bits per heavy atom. The first kappa shape index (κ1) is 8.49. The van der Waals surface area contributed by atoms with E-state index in [1.54, 1.807) is 18.2 Å². The Labute approximate surface area is 89.5 Å². The molecule has 0 radical (unpaired) electrons. The van der Waals surface area contributed by atoms with Gasteiger partial charge in [0.25, 0.3) is 0 Å². The van der Waals surface area contributed by atoms with Gasteiger partial charge in [-0.3, -0.25) is 0 Å². The molecule has 4 nitrogen and oxygen atoms in total. The predicted molar refractivity (Wildman–Crippen MR) is 56.6 cm³/mol. The normalized spacial score (nSPS) is 13.9. The zero-order chi connectivity index (χ0) is 10.6. The first-order valence-electron chi connectivity index (χ1n) is 4.27. The Morgan fingerprint density at radius 1 is 0.933 bits per heavy atom. The number of aliphatic hydroxyl groups excluding tert-OH is 2. The summed E-state index contributed by atoms with van der Waals surface area (Å²) in [6.45, 7) is 0. The first-order chi connectivity index (χ1) is 7.16. The zero-order valence-electron chi connectivity index (χ0n) is 7.40. The number of aliphatic hydroxyl groups is 2. The van der Waals surface area contributed by atoms with Crippen molar-refractivity contribution in [3.63, 3.8) is 0 Å². The second-order valence-corrected chi connectivity index (χ2v) is 3.69. The molecule has 1 aromatic heterocycles. The van der Waals surface area contributed by atoms with Gasteiger partial charge in [-0.15, -0.1) is 0 Å². The van der Waals surface area contributed by atoms with E-state index in [2.05, 4.69) is 9.97 Å². The van der Waals surface area contributed by atoms with Gasteiger partial charge in [0, 0.05) is 5.02 Å². The molecule has 0 unspecified atom stereocenters. The molecule has 15 heavy (non-hydrogen) atoms. The summed E-state index contributed by atoms with van der Waals surface area (Å²) < 4.78 is 0. The monoisotopic (exact) mass is 220 g/mol. The smallest absolute Gasteiger partial charge is 0.188 e. The molecule has 0 saturated carbocycles. The molecule has 1 heterocycles. The number of nitrogens with zero attached hydrogens (tertiary/aromatic N) is 2. The highest BCUT2D eigenvalue weighted by Gasteiger charge is 2.29. The zero-order valence-corrected chi connectivity index (χ0v) is 8.15. The Morgan fingerprint density at radius 2 is 1.53 bits per heavy atom. The minimum Gasteiger partial charge on any atom is -0.503 e. The lowest BCUT2D eigenvalue weighted by molar-refractivity contribution is 0.440. The maximum absolute atomic E-state index is 9.29. The molecule has 0 amide bonds. The topological polar surface area (TPSA) is 66.2 Å². The standard InChI is InChI=1S/C10H5ClN2O2/c11-4-1-2-5-6(3-4)13-8-7(12-5)9(14)10(8)15/h1-3,14-15H. The number of fused-ring (bicyclic) bond motifs is 2. The summed E-state index contributed by atoms with van der Waals surface area (Å²) >= 11 is 5.80. The van der Waals surface area contributed by atoms with Crippen molar-refractivity contribution in [1.29, 1.82) is 0 Å². The van der Waals surface area contributed by atoms with Crippen LogP contribution in [0.15, 0.2) is 18.2 Å². The van der Waals surface area contributed by atoms with Crippen molar-refractivity contribution < 1.29 is 10.2 Å². The van der Waals surface area contributed by atoms with E-state index in [1.807, 2.05) is 0 Å². The fourth-order valence-corrected chi connectivity index (χ4v) is 1.69. The van der Waals surface area contributed by atoms with Gasteiger partial charge in [-0.05, 0) is 18.2 Å². The van der Waals surface area contributed by atoms with Gasteiger partial charge >= 0.3 is 0 Å². The number of benzene rings is 1.